The molecule has 0 atom stereocenters. The Labute approximate surface area is 154 Å². The van der Waals surface area contributed by atoms with Gasteiger partial charge in [0.05, 0.1) is 10.6 Å². The van der Waals surface area contributed by atoms with Gasteiger partial charge in [-0.05, 0) is 54.8 Å². The van der Waals surface area contributed by atoms with Gasteiger partial charge in [-0.1, -0.05) is 35.5 Å². The summed E-state index contributed by atoms with van der Waals surface area (Å²) in [5, 5.41) is 6.45. The van der Waals surface area contributed by atoms with Gasteiger partial charge < -0.3 is 10.6 Å². The summed E-state index contributed by atoms with van der Waals surface area (Å²) in [6.07, 6.45) is 3.89. The zero-order chi connectivity index (χ0) is 17.4. The maximum absolute atomic E-state index is 12.4. The van der Waals surface area contributed by atoms with E-state index in [1.165, 1.54) is 11.8 Å². The number of thioether (sulfide) groups is 1. The fraction of sp³-hybridized carbons (Fsp3) is 0.158. The third-order valence-corrected chi connectivity index (χ3v) is 5.33. The Kier molecular flexibility index (Phi) is 4.27. The van der Waals surface area contributed by atoms with Crippen molar-refractivity contribution in [2.24, 2.45) is 0 Å². The van der Waals surface area contributed by atoms with Crippen molar-refractivity contribution in [3.05, 3.63) is 63.5 Å². The molecule has 6 heteroatoms. The maximum atomic E-state index is 12.4. The SMILES string of the molecule is O=C1Nc2cc(C(=O)NC3CC3)ccc2SC1=Cc1cccc(Cl)c1. The lowest BCUT2D eigenvalue weighted by Gasteiger charge is -2.19. The van der Waals surface area contributed by atoms with E-state index in [9.17, 15) is 9.59 Å². The third-order valence-electron chi connectivity index (χ3n) is 3.99. The summed E-state index contributed by atoms with van der Waals surface area (Å²) in [4.78, 5) is 26.0. The number of halogens is 1. The van der Waals surface area contributed by atoms with E-state index in [1.807, 2.05) is 30.3 Å². The third kappa shape index (κ3) is 3.72. The first-order valence-corrected chi connectivity index (χ1v) is 9.19. The highest BCUT2D eigenvalue weighted by Crippen LogP contribution is 2.39. The number of rotatable bonds is 3. The summed E-state index contributed by atoms with van der Waals surface area (Å²) in [7, 11) is 0. The standard InChI is InChI=1S/C19H15ClN2O2S/c20-13-3-1-2-11(8-13)9-17-19(24)22-15-10-12(4-7-16(15)25-17)18(23)21-14-5-6-14/h1-4,7-10,14H,5-6H2,(H,21,23)(H,22,24). The van der Waals surface area contributed by atoms with E-state index >= 15 is 0 Å². The minimum absolute atomic E-state index is 0.0928. The molecule has 1 saturated carbocycles. The zero-order valence-corrected chi connectivity index (χ0v) is 14.8. The molecule has 1 aliphatic heterocycles. The van der Waals surface area contributed by atoms with Gasteiger partial charge in [0.2, 0.25) is 0 Å². The number of hydrogen-bond donors (Lipinski definition) is 2. The number of benzene rings is 2. The molecule has 25 heavy (non-hydrogen) atoms. The van der Waals surface area contributed by atoms with Crippen LogP contribution in [-0.2, 0) is 4.79 Å². The molecule has 2 aromatic rings. The molecule has 2 amide bonds. The monoisotopic (exact) mass is 370 g/mol. The highest BCUT2D eigenvalue weighted by molar-refractivity contribution is 8.04. The van der Waals surface area contributed by atoms with Gasteiger partial charge in [-0.3, -0.25) is 9.59 Å². The lowest BCUT2D eigenvalue weighted by Crippen LogP contribution is -2.26. The molecule has 4 rings (SSSR count). The molecule has 0 unspecified atom stereocenters. The maximum Gasteiger partial charge on any atom is 0.262 e. The Balaban J connectivity index is 1.58. The van der Waals surface area contributed by atoms with Gasteiger partial charge >= 0.3 is 0 Å². The summed E-state index contributed by atoms with van der Waals surface area (Å²) in [6.45, 7) is 0. The molecule has 1 aliphatic carbocycles. The summed E-state index contributed by atoms with van der Waals surface area (Å²) in [5.74, 6) is -0.276. The second-order valence-electron chi connectivity index (χ2n) is 6.08. The zero-order valence-electron chi connectivity index (χ0n) is 13.2. The average molecular weight is 371 g/mol. The average Bonchev–Trinajstić information content (AvgIpc) is 3.39. The van der Waals surface area contributed by atoms with Crippen molar-refractivity contribution in [2.75, 3.05) is 5.32 Å². The van der Waals surface area contributed by atoms with Crippen molar-refractivity contribution in [2.45, 2.75) is 23.8 Å². The predicted octanol–water partition coefficient (Wildman–Crippen LogP) is 4.32. The molecule has 0 bridgehead atoms. The molecule has 2 aliphatic rings. The summed E-state index contributed by atoms with van der Waals surface area (Å²) in [6, 6.07) is 13.0. The van der Waals surface area contributed by atoms with Crippen LogP contribution in [0.4, 0.5) is 5.69 Å². The molecule has 0 saturated heterocycles. The van der Waals surface area contributed by atoms with Crippen LogP contribution in [0.25, 0.3) is 6.08 Å². The lowest BCUT2D eigenvalue weighted by atomic mass is 10.1. The summed E-state index contributed by atoms with van der Waals surface area (Å²) >= 11 is 7.38. The van der Waals surface area contributed by atoms with Gasteiger partial charge in [-0.2, -0.15) is 0 Å². The normalized spacial score (nSPS) is 17.8. The molecule has 2 aromatic carbocycles. The molecule has 126 valence electrons. The van der Waals surface area contributed by atoms with Crippen molar-refractivity contribution in [3.8, 4) is 0 Å². The molecule has 1 heterocycles. The fourth-order valence-corrected chi connectivity index (χ4v) is 3.68. The quantitative estimate of drug-likeness (QED) is 0.791. The highest BCUT2D eigenvalue weighted by atomic mass is 35.5. The fourth-order valence-electron chi connectivity index (χ4n) is 2.55. The number of hydrogen-bond acceptors (Lipinski definition) is 3. The van der Waals surface area contributed by atoms with E-state index in [1.54, 1.807) is 18.2 Å². The summed E-state index contributed by atoms with van der Waals surface area (Å²) < 4.78 is 0. The van der Waals surface area contributed by atoms with E-state index in [0.29, 0.717) is 27.2 Å². The number of carbonyl (C=O) groups excluding carboxylic acids is 2. The predicted molar refractivity (Wildman–Crippen MR) is 101 cm³/mol. The Morgan fingerprint density at radius 1 is 1.24 bits per heavy atom. The van der Waals surface area contributed by atoms with E-state index < -0.39 is 0 Å². The van der Waals surface area contributed by atoms with Gasteiger partial charge in [-0.15, -0.1) is 0 Å². The second-order valence-corrected chi connectivity index (χ2v) is 7.60. The smallest absolute Gasteiger partial charge is 0.262 e. The van der Waals surface area contributed by atoms with Crippen LogP contribution in [0.5, 0.6) is 0 Å². The molecular weight excluding hydrogens is 356 g/mol. The van der Waals surface area contributed by atoms with Gasteiger partial charge in [-0.25, -0.2) is 0 Å². The number of nitrogens with one attached hydrogen (secondary N) is 2. The molecule has 0 spiro atoms. The molecule has 1 fully saturated rings. The van der Waals surface area contributed by atoms with Crippen molar-refractivity contribution in [1.82, 2.24) is 5.32 Å². The molecule has 2 N–H and O–H groups in total. The van der Waals surface area contributed by atoms with Crippen LogP contribution in [0.15, 0.2) is 52.3 Å². The van der Waals surface area contributed by atoms with Crippen molar-refractivity contribution in [3.63, 3.8) is 0 Å². The number of fused-ring (bicyclic) bond motifs is 1. The number of carbonyl (C=O) groups is 2. The van der Waals surface area contributed by atoms with Crippen molar-refractivity contribution >= 4 is 46.9 Å². The van der Waals surface area contributed by atoms with E-state index in [4.69, 9.17) is 11.6 Å². The first-order valence-electron chi connectivity index (χ1n) is 8.00. The Hall–Kier alpha value is -2.24. The Morgan fingerprint density at radius 2 is 2.08 bits per heavy atom. The van der Waals surface area contributed by atoms with Crippen LogP contribution in [0.2, 0.25) is 5.02 Å². The topological polar surface area (TPSA) is 58.2 Å². The molecule has 0 radical (unpaired) electrons. The van der Waals surface area contributed by atoms with Crippen LogP contribution in [0, 0.1) is 0 Å². The van der Waals surface area contributed by atoms with E-state index in [2.05, 4.69) is 10.6 Å². The molecule has 4 nitrogen and oxygen atoms in total. The molecule has 0 aromatic heterocycles. The van der Waals surface area contributed by atoms with Gasteiger partial charge in [0, 0.05) is 21.5 Å². The van der Waals surface area contributed by atoms with Gasteiger partial charge in [0.15, 0.2) is 0 Å². The summed E-state index contributed by atoms with van der Waals surface area (Å²) in [5.41, 5.74) is 2.10. The van der Waals surface area contributed by atoms with Crippen LogP contribution < -0.4 is 10.6 Å². The van der Waals surface area contributed by atoms with E-state index in [-0.39, 0.29) is 11.8 Å². The van der Waals surface area contributed by atoms with Gasteiger partial charge in [0.25, 0.3) is 11.8 Å². The van der Waals surface area contributed by atoms with Crippen molar-refractivity contribution < 1.29 is 9.59 Å². The lowest BCUT2D eigenvalue weighted by molar-refractivity contribution is -0.112. The minimum atomic E-state index is -0.183. The van der Waals surface area contributed by atoms with E-state index in [0.717, 1.165) is 23.3 Å². The van der Waals surface area contributed by atoms with Crippen LogP contribution in [-0.4, -0.2) is 17.9 Å². The minimum Gasteiger partial charge on any atom is -0.349 e. The first-order chi connectivity index (χ1) is 12.1. The van der Waals surface area contributed by atoms with Crippen LogP contribution >= 0.6 is 23.4 Å². The largest absolute Gasteiger partial charge is 0.349 e. The Morgan fingerprint density at radius 3 is 2.84 bits per heavy atom. The Bertz CT molecular complexity index is 906. The molecular formula is C19H15ClN2O2S. The van der Waals surface area contributed by atoms with Crippen molar-refractivity contribution in [1.29, 1.82) is 0 Å². The first kappa shape index (κ1) is 16.2. The van der Waals surface area contributed by atoms with Gasteiger partial charge in [0.1, 0.15) is 0 Å². The van der Waals surface area contributed by atoms with Crippen LogP contribution in [0.3, 0.4) is 0 Å². The highest BCUT2D eigenvalue weighted by Gasteiger charge is 2.25. The van der Waals surface area contributed by atoms with Crippen LogP contribution in [0.1, 0.15) is 28.8 Å². The number of anilines is 1. The number of amides is 2. The second kappa shape index (κ2) is 6.58.